The van der Waals surface area contributed by atoms with Crippen molar-refractivity contribution in [3.63, 3.8) is 0 Å². The predicted molar refractivity (Wildman–Crippen MR) is 95.6 cm³/mol. The van der Waals surface area contributed by atoms with Gasteiger partial charge in [0, 0.05) is 11.1 Å². The van der Waals surface area contributed by atoms with Gasteiger partial charge in [0.05, 0.1) is 11.1 Å². The van der Waals surface area contributed by atoms with E-state index >= 15 is 0 Å². The number of aromatic carboxylic acids is 1. The van der Waals surface area contributed by atoms with Gasteiger partial charge in [-0.25, -0.2) is 9.78 Å². The molecule has 0 aliphatic rings. The third-order valence-electron chi connectivity index (χ3n) is 4.12. The molecule has 1 heterocycles. The van der Waals surface area contributed by atoms with Gasteiger partial charge in [-0.3, -0.25) is 0 Å². The van der Waals surface area contributed by atoms with Crippen LogP contribution >= 0.6 is 0 Å². The molecule has 0 aliphatic carbocycles. The van der Waals surface area contributed by atoms with E-state index in [1.54, 1.807) is 24.3 Å². The molecule has 0 radical (unpaired) electrons. The Labute approximate surface area is 143 Å². The summed E-state index contributed by atoms with van der Waals surface area (Å²) in [5.41, 5.74) is 3.78. The van der Waals surface area contributed by atoms with E-state index in [9.17, 15) is 15.0 Å². The first kappa shape index (κ1) is 15.0. The van der Waals surface area contributed by atoms with Crippen molar-refractivity contribution in [1.82, 2.24) is 9.97 Å². The van der Waals surface area contributed by atoms with Crippen LogP contribution in [-0.2, 0) is 0 Å². The van der Waals surface area contributed by atoms with Gasteiger partial charge in [0.1, 0.15) is 17.1 Å². The van der Waals surface area contributed by atoms with E-state index < -0.39 is 5.97 Å². The number of nitrogens with zero attached hydrogens (tertiary/aromatic N) is 1. The molecule has 0 aliphatic heterocycles. The molecule has 3 aromatic carbocycles. The molecule has 1 aromatic heterocycles. The molecule has 4 aromatic rings. The fourth-order valence-electron chi connectivity index (χ4n) is 2.87. The zero-order chi connectivity index (χ0) is 17.4. The van der Waals surface area contributed by atoms with E-state index in [1.165, 1.54) is 6.07 Å². The first-order valence-corrected chi connectivity index (χ1v) is 7.74. The number of phenolic OH excluding ortho intramolecular Hbond substituents is 1. The quantitative estimate of drug-likeness (QED) is 0.523. The number of carboxylic acid groups (broad SMARTS) is 1. The van der Waals surface area contributed by atoms with Crippen molar-refractivity contribution in [2.45, 2.75) is 0 Å². The van der Waals surface area contributed by atoms with E-state index in [-0.39, 0.29) is 11.3 Å². The summed E-state index contributed by atoms with van der Waals surface area (Å²) in [4.78, 5) is 18.9. The molecule has 0 fully saturated rings. The molecular formula is C20H14N2O3. The van der Waals surface area contributed by atoms with Crippen LogP contribution in [0.1, 0.15) is 10.4 Å². The van der Waals surface area contributed by atoms with Gasteiger partial charge < -0.3 is 15.2 Å². The molecule has 5 heteroatoms. The summed E-state index contributed by atoms with van der Waals surface area (Å²) in [7, 11) is 0. The topological polar surface area (TPSA) is 86.2 Å². The maximum atomic E-state index is 11.3. The number of H-pyrrole nitrogens is 1. The van der Waals surface area contributed by atoms with Crippen molar-refractivity contribution in [2.24, 2.45) is 0 Å². The van der Waals surface area contributed by atoms with Gasteiger partial charge in [0.25, 0.3) is 0 Å². The van der Waals surface area contributed by atoms with Crippen LogP contribution in [0.3, 0.4) is 0 Å². The summed E-state index contributed by atoms with van der Waals surface area (Å²) in [6, 6.07) is 19.8. The number of carboxylic acids is 1. The molecule has 0 atom stereocenters. The molecule has 0 saturated carbocycles. The minimum absolute atomic E-state index is 0.172. The van der Waals surface area contributed by atoms with Crippen molar-refractivity contribution in [3.8, 4) is 28.3 Å². The number of phenols is 1. The number of rotatable bonds is 3. The van der Waals surface area contributed by atoms with Gasteiger partial charge in [0.15, 0.2) is 0 Å². The molecule has 5 nitrogen and oxygen atoms in total. The first-order valence-electron chi connectivity index (χ1n) is 7.74. The number of nitrogens with one attached hydrogen (secondary N) is 1. The second-order valence-corrected chi connectivity index (χ2v) is 5.69. The molecule has 3 N–H and O–H groups in total. The highest BCUT2D eigenvalue weighted by atomic mass is 16.4. The van der Waals surface area contributed by atoms with Gasteiger partial charge >= 0.3 is 5.97 Å². The Morgan fingerprint density at radius 3 is 2.32 bits per heavy atom. The van der Waals surface area contributed by atoms with Gasteiger partial charge in [-0.15, -0.1) is 0 Å². The monoisotopic (exact) mass is 330 g/mol. The van der Waals surface area contributed by atoms with Crippen LogP contribution in [0.15, 0.2) is 66.7 Å². The van der Waals surface area contributed by atoms with Crippen molar-refractivity contribution in [1.29, 1.82) is 0 Å². The number of carbonyl (C=O) groups is 1. The lowest BCUT2D eigenvalue weighted by molar-refractivity contribution is 0.0699. The molecule has 122 valence electrons. The minimum Gasteiger partial charge on any atom is -0.507 e. The summed E-state index contributed by atoms with van der Waals surface area (Å²) in [6.45, 7) is 0. The van der Waals surface area contributed by atoms with Crippen LogP contribution in [0.2, 0.25) is 0 Å². The number of aromatic amines is 1. The molecule has 0 saturated heterocycles. The van der Waals surface area contributed by atoms with Crippen molar-refractivity contribution < 1.29 is 15.0 Å². The largest absolute Gasteiger partial charge is 0.507 e. The number of hydrogen-bond donors (Lipinski definition) is 3. The molecule has 4 rings (SSSR count). The lowest BCUT2D eigenvalue weighted by Gasteiger charge is -2.05. The smallest absolute Gasteiger partial charge is 0.337 e. The van der Waals surface area contributed by atoms with Crippen LogP contribution in [-0.4, -0.2) is 26.2 Å². The second kappa shape index (κ2) is 5.79. The Bertz CT molecular complexity index is 1080. The number of imidazole rings is 1. The highest BCUT2D eigenvalue weighted by Crippen LogP contribution is 2.30. The fraction of sp³-hybridized carbons (Fsp3) is 0. The lowest BCUT2D eigenvalue weighted by atomic mass is 10.0. The first-order chi connectivity index (χ1) is 12.1. The van der Waals surface area contributed by atoms with E-state index in [0.717, 1.165) is 16.7 Å². The van der Waals surface area contributed by atoms with Gasteiger partial charge in [0.2, 0.25) is 0 Å². The standard InChI is InChI=1S/C20H14N2O3/c23-17-7-2-1-4-14(17)12-8-10-13(11-9-12)19-21-16-6-3-5-15(20(24)25)18(16)22-19/h1-11,23H,(H,21,22)(H,24,25). The molecule has 0 unspecified atom stereocenters. The fourth-order valence-corrected chi connectivity index (χ4v) is 2.87. The van der Waals surface area contributed by atoms with Crippen LogP contribution in [0, 0.1) is 0 Å². The third kappa shape index (κ3) is 2.61. The third-order valence-corrected chi connectivity index (χ3v) is 4.12. The number of hydrogen-bond acceptors (Lipinski definition) is 3. The minimum atomic E-state index is -1.00. The molecular weight excluding hydrogens is 316 g/mol. The van der Waals surface area contributed by atoms with Gasteiger partial charge in [-0.05, 0) is 23.8 Å². The second-order valence-electron chi connectivity index (χ2n) is 5.69. The number of aromatic hydroxyl groups is 1. The van der Waals surface area contributed by atoms with Gasteiger partial charge in [-0.1, -0.05) is 48.5 Å². The highest BCUT2D eigenvalue weighted by Gasteiger charge is 2.13. The molecule has 0 amide bonds. The van der Waals surface area contributed by atoms with Gasteiger partial charge in [-0.2, -0.15) is 0 Å². The molecule has 0 spiro atoms. The number of aromatic nitrogens is 2. The average molecular weight is 330 g/mol. The van der Waals surface area contributed by atoms with Crippen molar-refractivity contribution in [2.75, 3.05) is 0 Å². The zero-order valence-corrected chi connectivity index (χ0v) is 13.1. The highest BCUT2D eigenvalue weighted by molar-refractivity contribution is 6.01. The Morgan fingerprint density at radius 2 is 1.60 bits per heavy atom. The summed E-state index contributed by atoms with van der Waals surface area (Å²) < 4.78 is 0. The van der Waals surface area contributed by atoms with E-state index in [4.69, 9.17) is 0 Å². The van der Waals surface area contributed by atoms with E-state index in [2.05, 4.69) is 9.97 Å². The number of benzene rings is 3. The number of para-hydroxylation sites is 2. The maximum Gasteiger partial charge on any atom is 0.337 e. The van der Waals surface area contributed by atoms with Crippen molar-refractivity contribution >= 4 is 17.0 Å². The van der Waals surface area contributed by atoms with Crippen LogP contribution in [0.25, 0.3) is 33.5 Å². The Kier molecular flexibility index (Phi) is 3.47. The Morgan fingerprint density at radius 1 is 0.880 bits per heavy atom. The molecule has 0 bridgehead atoms. The van der Waals surface area contributed by atoms with Crippen LogP contribution < -0.4 is 0 Å². The summed E-state index contributed by atoms with van der Waals surface area (Å²) >= 11 is 0. The van der Waals surface area contributed by atoms with Crippen molar-refractivity contribution in [3.05, 3.63) is 72.3 Å². The zero-order valence-electron chi connectivity index (χ0n) is 13.1. The Balaban J connectivity index is 1.76. The SMILES string of the molecule is O=C(O)c1cccc2[nH]c(-c3ccc(-c4ccccc4O)cc3)nc12. The number of fused-ring (bicyclic) bond motifs is 1. The maximum absolute atomic E-state index is 11.3. The summed E-state index contributed by atoms with van der Waals surface area (Å²) in [5, 5.41) is 19.2. The summed E-state index contributed by atoms with van der Waals surface area (Å²) in [5.74, 6) is -0.170. The van der Waals surface area contributed by atoms with Crippen LogP contribution in [0.4, 0.5) is 0 Å². The average Bonchev–Trinajstić information content (AvgIpc) is 3.06. The Hall–Kier alpha value is -3.60. The lowest BCUT2D eigenvalue weighted by Crippen LogP contribution is -1.96. The van der Waals surface area contributed by atoms with E-state index in [0.29, 0.717) is 16.9 Å². The van der Waals surface area contributed by atoms with Crippen LogP contribution in [0.5, 0.6) is 5.75 Å². The summed E-state index contributed by atoms with van der Waals surface area (Å²) in [6.07, 6.45) is 0. The van der Waals surface area contributed by atoms with E-state index in [1.807, 2.05) is 36.4 Å². The normalized spacial score (nSPS) is 10.9. The predicted octanol–water partition coefficient (Wildman–Crippen LogP) is 4.30. The molecule has 25 heavy (non-hydrogen) atoms.